The van der Waals surface area contributed by atoms with E-state index in [2.05, 4.69) is 27.2 Å². The molecule has 6 rings (SSSR count). The summed E-state index contributed by atoms with van der Waals surface area (Å²) in [5, 5.41) is 2.46. The molecule has 3 aliphatic rings. The molecule has 43 heavy (non-hydrogen) atoms. The van der Waals surface area contributed by atoms with E-state index in [0.717, 1.165) is 42.7 Å². The SMILES string of the molecule is O=C(NC(CCN1CCC(N2CCCC2)CC1)c1ccccc1)C1SCCN1S(=O)(=O)c1ccc(-c2ccccc2)cc1. The average Bonchev–Trinajstić information content (AvgIpc) is 3.78. The van der Waals surface area contributed by atoms with Gasteiger partial charge in [-0.2, -0.15) is 4.31 Å². The molecule has 9 heteroatoms. The molecule has 0 aliphatic carbocycles. The minimum Gasteiger partial charge on any atom is -0.347 e. The Bertz CT molecular complexity index is 1440. The van der Waals surface area contributed by atoms with Gasteiger partial charge < -0.3 is 15.1 Å². The molecular weight excluding hydrogens is 577 g/mol. The summed E-state index contributed by atoms with van der Waals surface area (Å²) < 4.78 is 28.8. The van der Waals surface area contributed by atoms with Crippen LogP contribution in [0.2, 0.25) is 0 Å². The van der Waals surface area contributed by atoms with E-state index in [9.17, 15) is 13.2 Å². The third kappa shape index (κ3) is 7.18. The Hall–Kier alpha value is -2.69. The van der Waals surface area contributed by atoms with E-state index in [1.807, 2.05) is 60.7 Å². The molecule has 0 aromatic heterocycles. The predicted octanol–water partition coefficient (Wildman–Crippen LogP) is 5.23. The highest BCUT2D eigenvalue weighted by Gasteiger charge is 2.41. The van der Waals surface area contributed by atoms with Crippen LogP contribution in [0.3, 0.4) is 0 Å². The highest BCUT2D eigenvalue weighted by Crippen LogP contribution is 2.32. The number of likely N-dealkylation sites (tertiary alicyclic amines) is 2. The number of hydrogen-bond acceptors (Lipinski definition) is 6. The summed E-state index contributed by atoms with van der Waals surface area (Å²) in [5.41, 5.74) is 3.04. The second kappa shape index (κ2) is 13.9. The number of nitrogens with zero attached hydrogens (tertiary/aromatic N) is 3. The molecule has 1 N–H and O–H groups in total. The molecule has 0 saturated carbocycles. The van der Waals surface area contributed by atoms with E-state index < -0.39 is 15.4 Å². The fraction of sp³-hybridized carbons (Fsp3) is 0.441. The minimum absolute atomic E-state index is 0.180. The van der Waals surface area contributed by atoms with Crippen LogP contribution in [0.1, 0.15) is 43.7 Å². The molecule has 3 fully saturated rings. The van der Waals surface area contributed by atoms with Crippen LogP contribution in [0.15, 0.2) is 89.8 Å². The first-order valence-corrected chi connectivity index (χ1v) is 18.1. The summed E-state index contributed by atoms with van der Waals surface area (Å²) in [7, 11) is -3.83. The number of rotatable bonds is 10. The van der Waals surface area contributed by atoms with Crippen LogP contribution >= 0.6 is 11.8 Å². The van der Waals surface area contributed by atoms with Crippen molar-refractivity contribution in [3.8, 4) is 11.1 Å². The monoisotopic (exact) mass is 618 g/mol. The van der Waals surface area contributed by atoms with Gasteiger partial charge in [0.2, 0.25) is 15.9 Å². The largest absolute Gasteiger partial charge is 0.347 e. The van der Waals surface area contributed by atoms with Crippen molar-refractivity contribution in [2.24, 2.45) is 0 Å². The van der Waals surface area contributed by atoms with E-state index in [4.69, 9.17) is 0 Å². The van der Waals surface area contributed by atoms with Crippen LogP contribution in [-0.4, -0.2) is 84.9 Å². The van der Waals surface area contributed by atoms with Gasteiger partial charge >= 0.3 is 0 Å². The lowest BCUT2D eigenvalue weighted by Gasteiger charge is -2.37. The van der Waals surface area contributed by atoms with Gasteiger partial charge in [-0.1, -0.05) is 72.8 Å². The zero-order valence-electron chi connectivity index (χ0n) is 24.7. The fourth-order valence-electron chi connectivity index (χ4n) is 6.67. The summed E-state index contributed by atoms with van der Waals surface area (Å²) in [6.07, 6.45) is 5.87. The molecule has 0 bridgehead atoms. The number of thioether (sulfide) groups is 1. The van der Waals surface area contributed by atoms with Crippen molar-refractivity contribution in [2.45, 2.75) is 54.5 Å². The quantitative estimate of drug-likeness (QED) is 0.336. The molecule has 1 amide bonds. The van der Waals surface area contributed by atoms with Gasteiger partial charge in [-0.25, -0.2) is 8.42 Å². The van der Waals surface area contributed by atoms with Gasteiger partial charge in [-0.15, -0.1) is 11.8 Å². The van der Waals surface area contributed by atoms with Crippen molar-refractivity contribution in [3.05, 3.63) is 90.5 Å². The lowest BCUT2D eigenvalue weighted by Crippen LogP contribution is -2.47. The standard InChI is InChI=1S/C34H42N4O3S2/c39-33(34-38(25-26-42-34)43(40,41)31-15-13-28(14-16-31)27-9-3-1-4-10-27)35-32(29-11-5-2-6-12-29)19-24-36-22-17-30(18-23-36)37-20-7-8-21-37/h1-6,9-16,30,32,34H,7-8,17-26H2,(H,35,39). The van der Waals surface area contributed by atoms with Crippen molar-refractivity contribution in [1.82, 2.24) is 19.4 Å². The van der Waals surface area contributed by atoms with Gasteiger partial charge in [0.25, 0.3) is 0 Å². The number of hydrogen-bond donors (Lipinski definition) is 1. The summed E-state index contributed by atoms with van der Waals surface area (Å²) in [4.78, 5) is 19.1. The molecule has 7 nitrogen and oxygen atoms in total. The lowest BCUT2D eigenvalue weighted by molar-refractivity contribution is -0.123. The lowest BCUT2D eigenvalue weighted by atomic mass is 10.0. The maximum absolute atomic E-state index is 13.7. The highest BCUT2D eigenvalue weighted by molar-refractivity contribution is 8.02. The molecule has 0 spiro atoms. The molecule has 2 unspecified atom stereocenters. The van der Waals surface area contributed by atoms with Gasteiger partial charge in [0.05, 0.1) is 10.9 Å². The smallest absolute Gasteiger partial charge is 0.249 e. The van der Waals surface area contributed by atoms with Crippen LogP contribution < -0.4 is 5.32 Å². The Morgan fingerprint density at radius 3 is 2.12 bits per heavy atom. The molecule has 0 radical (unpaired) electrons. The number of piperidine rings is 1. The summed E-state index contributed by atoms with van der Waals surface area (Å²) >= 11 is 1.40. The van der Waals surface area contributed by atoms with Crippen LogP contribution in [0.4, 0.5) is 0 Å². The highest BCUT2D eigenvalue weighted by atomic mass is 32.2. The minimum atomic E-state index is -3.83. The molecule has 3 aromatic rings. The molecule has 3 aliphatic heterocycles. The first-order chi connectivity index (χ1) is 21.0. The molecule has 3 saturated heterocycles. The second-order valence-electron chi connectivity index (χ2n) is 11.8. The van der Waals surface area contributed by atoms with Crippen molar-refractivity contribution in [2.75, 3.05) is 45.0 Å². The first kappa shape index (κ1) is 30.3. The van der Waals surface area contributed by atoms with Gasteiger partial charge in [0, 0.05) is 24.9 Å². The van der Waals surface area contributed by atoms with E-state index in [-0.39, 0.29) is 16.8 Å². The van der Waals surface area contributed by atoms with Crippen LogP contribution in [0.5, 0.6) is 0 Å². The Balaban J connectivity index is 1.11. The Morgan fingerprint density at radius 2 is 1.44 bits per heavy atom. The number of nitrogens with one attached hydrogen (secondary N) is 1. The van der Waals surface area contributed by atoms with Gasteiger partial charge in [0.15, 0.2) is 0 Å². The normalized spacial score (nSPS) is 21.6. The Morgan fingerprint density at radius 1 is 0.814 bits per heavy atom. The Kier molecular flexibility index (Phi) is 9.84. The third-order valence-electron chi connectivity index (χ3n) is 9.11. The van der Waals surface area contributed by atoms with Crippen molar-refractivity contribution in [1.29, 1.82) is 0 Å². The zero-order chi connectivity index (χ0) is 29.6. The molecule has 3 heterocycles. The number of amides is 1. The van der Waals surface area contributed by atoms with Crippen LogP contribution in [0, 0.1) is 0 Å². The van der Waals surface area contributed by atoms with Crippen molar-refractivity contribution < 1.29 is 13.2 Å². The molecule has 228 valence electrons. The van der Waals surface area contributed by atoms with Gasteiger partial charge in [-0.3, -0.25) is 4.79 Å². The Labute approximate surface area is 260 Å². The number of sulfonamides is 1. The van der Waals surface area contributed by atoms with Crippen LogP contribution in [0.25, 0.3) is 11.1 Å². The average molecular weight is 619 g/mol. The first-order valence-electron chi connectivity index (χ1n) is 15.6. The van der Waals surface area contributed by atoms with E-state index in [1.165, 1.54) is 54.8 Å². The number of carbonyl (C=O) groups excluding carboxylic acids is 1. The second-order valence-corrected chi connectivity index (χ2v) is 14.9. The topological polar surface area (TPSA) is 73.0 Å². The van der Waals surface area contributed by atoms with Gasteiger partial charge in [0.1, 0.15) is 5.37 Å². The van der Waals surface area contributed by atoms with Gasteiger partial charge in [-0.05, 0) is 87.1 Å². The van der Waals surface area contributed by atoms with Crippen LogP contribution in [-0.2, 0) is 14.8 Å². The maximum atomic E-state index is 13.7. The van der Waals surface area contributed by atoms with E-state index in [0.29, 0.717) is 18.3 Å². The van der Waals surface area contributed by atoms with E-state index in [1.54, 1.807) is 12.1 Å². The number of carbonyl (C=O) groups is 1. The van der Waals surface area contributed by atoms with E-state index >= 15 is 0 Å². The van der Waals surface area contributed by atoms with Crippen molar-refractivity contribution in [3.63, 3.8) is 0 Å². The molecular formula is C34H42N4O3S2. The third-order valence-corrected chi connectivity index (χ3v) is 12.3. The summed E-state index contributed by atoms with van der Waals surface area (Å²) in [5.74, 6) is 0.343. The molecule has 3 aromatic carbocycles. The van der Waals surface area contributed by atoms with Crippen molar-refractivity contribution >= 4 is 27.7 Å². The predicted molar refractivity (Wildman–Crippen MR) is 174 cm³/mol. The molecule has 2 atom stereocenters. The summed E-state index contributed by atoms with van der Waals surface area (Å²) in [6, 6.07) is 27.5. The fourth-order valence-corrected chi connectivity index (χ4v) is 9.75. The zero-order valence-corrected chi connectivity index (χ0v) is 26.3. The number of benzene rings is 3. The summed E-state index contributed by atoms with van der Waals surface area (Å²) in [6.45, 7) is 5.89. The maximum Gasteiger partial charge on any atom is 0.249 e.